The van der Waals surface area contributed by atoms with Crippen LogP contribution in [0.4, 0.5) is 5.69 Å². The zero-order chi connectivity index (χ0) is 12.3. The summed E-state index contributed by atoms with van der Waals surface area (Å²) in [5, 5.41) is 21.0. The van der Waals surface area contributed by atoms with Crippen LogP contribution in [-0.4, -0.2) is 16.7 Å². The maximum Gasteiger partial charge on any atom is 0.186 e. The van der Waals surface area contributed by atoms with Gasteiger partial charge in [-0.15, -0.1) is 10.2 Å². The minimum atomic E-state index is 0.310. The fourth-order valence-electron chi connectivity index (χ4n) is 1.55. The summed E-state index contributed by atoms with van der Waals surface area (Å²) < 4.78 is 0. The summed E-state index contributed by atoms with van der Waals surface area (Å²) in [7, 11) is 0. The van der Waals surface area contributed by atoms with E-state index in [4.69, 9.17) is 5.26 Å². The summed E-state index contributed by atoms with van der Waals surface area (Å²) >= 11 is 0. The molecule has 0 fully saturated rings. The molecule has 0 spiro atoms. The van der Waals surface area contributed by atoms with Gasteiger partial charge in [0, 0.05) is 11.9 Å². The van der Waals surface area contributed by atoms with Crippen molar-refractivity contribution in [3.05, 3.63) is 42.1 Å². The van der Waals surface area contributed by atoms with E-state index in [2.05, 4.69) is 22.1 Å². The van der Waals surface area contributed by atoms with Crippen LogP contribution in [-0.2, 0) is 0 Å². The zero-order valence-electron chi connectivity index (χ0n) is 9.57. The molecule has 4 heteroatoms. The van der Waals surface area contributed by atoms with Gasteiger partial charge in [0.05, 0.1) is 11.2 Å². The standard InChI is InChI=1S/C13H12N4/c1-9(2)8-15-13-10-5-3-4-6-11(10)16-17-12(13)7-14/h3-6H,1,8H2,2H3,(H,15,16). The van der Waals surface area contributed by atoms with Gasteiger partial charge in [-0.3, -0.25) is 0 Å². The molecular formula is C13H12N4. The van der Waals surface area contributed by atoms with E-state index in [0.717, 1.165) is 22.2 Å². The van der Waals surface area contributed by atoms with Crippen molar-refractivity contribution in [2.45, 2.75) is 6.92 Å². The number of rotatable bonds is 3. The predicted molar refractivity (Wildman–Crippen MR) is 67.6 cm³/mol. The lowest BCUT2D eigenvalue weighted by molar-refractivity contribution is 1.04. The molecule has 0 aliphatic rings. The molecule has 0 aliphatic carbocycles. The molecule has 84 valence electrons. The Morgan fingerprint density at radius 3 is 2.88 bits per heavy atom. The number of nitriles is 1. The zero-order valence-corrected chi connectivity index (χ0v) is 9.57. The van der Waals surface area contributed by atoms with Crippen LogP contribution in [0.2, 0.25) is 0 Å². The van der Waals surface area contributed by atoms with Gasteiger partial charge < -0.3 is 5.32 Å². The highest BCUT2D eigenvalue weighted by atomic mass is 15.1. The summed E-state index contributed by atoms with van der Waals surface area (Å²) in [6.45, 7) is 6.37. The van der Waals surface area contributed by atoms with Crippen LogP contribution in [0.15, 0.2) is 36.4 Å². The number of fused-ring (bicyclic) bond motifs is 1. The third-order valence-corrected chi connectivity index (χ3v) is 2.34. The second-order valence-corrected chi connectivity index (χ2v) is 3.86. The van der Waals surface area contributed by atoms with Crippen LogP contribution in [0.3, 0.4) is 0 Å². The molecule has 1 aromatic carbocycles. The molecule has 1 N–H and O–H groups in total. The first kappa shape index (κ1) is 11.1. The Hall–Kier alpha value is -2.41. The van der Waals surface area contributed by atoms with Gasteiger partial charge in [-0.1, -0.05) is 30.4 Å². The van der Waals surface area contributed by atoms with E-state index in [9.17, 15) is 0 Å². The highest BCUT2D eigenvalue weighted by Crippen LogP contribution is 2.23. The molecule has 0 aliphatic heterocycles. The third kappa shape index (κ3) is 2.23. The number of hydrogen-bond donors (Lipinski definition) is 1. The molecule has 0 unspecified atom stereocenters. The van der Waals surface area contributed by atoms with E-state index < -0.39 is 0 Å². The number of aromatic nitrogens is 2. The Kier molecular flexibility index (Phi) is 3.01. The van der Waals surface area contributed by atoms with Crippen LogP contribution in [0.25, 0.3) is 10.9 Å². The largest absolute Gasteiger partial charge is 0.378 e. The maximum atomic E-state index is 9.03. The lowest BCUT2D eigenvalue weighted by Crippen LogP contribution is -2.06. The normalized spacial score (nSPS) is 9.88. The molecule has 17 heavy (non-hydrogen) atoms. The predicted octanol–water partition coefficient (Wildman–Crippen LogP) is 2.49. The van der Waals surface area contributed by atoms with Crippen LogP contribution in [0, 0.1) is 11.3 Å². The number of hydrogen-bond acceptors (Lipinski definition) is 4. The molecule has 0 amide bonds. The fourth-order valence-corrected chi connectivity index (χ4v) is 1.55. The van der Waals surface area contributed by atoms with E-state index in [-0.39, 0.29) is 0 Å². The first-order valence-corrected chi connectivity index (χ1v) is 5.26. The molecule has 0 radical (unpaired) electrons. The quantitative estimate of drug-likeness (QED) is 0.813. The van der Waals surface area contributed by atoms with Crippen molar-refractivity contribution in [1.29, 1.82) is 5.26 Å². The molecular weight excluding hydrogens is 212 g/mol. The number of nitrogens with zero attached hydrogens (tertiary/aromatic N) is 3. The Labute approximate surface area is 99.6 Å². The topological polar surface area (TPSA) is 61.6 Å². The Morgan fingerprint density at radius 2 is 2.18 bits per heavy atom. The van der Waals surface area contributed by atoms with Gasteiger partial charge in [-0.25, -0.2) is 0 Å². The van der Waals surface area contributed by atoms with Crippen molar-refractivity contribution in [1.82, 2.24) is 10.2 Å². The van der Waals surface area contributed by atoms with Crippen molar-refractivity contribution in [2.24, 2.45) is 0 Å². The van der Waals surface area contributed by atoms with Crippen molar-refractivity contribution in [3.8, 4) is 6.07 Å². The van der Waals surface area contributed by atoms with Crippen molar-refractivity contribution in [3.63, 3.8) is 0 Å². The summed E-state index contributed by atoms with van der Waals surface area (Å²) in [6, 6.07) is 9.65. The van der Waals surface area contributed by atoms with E-state index in [1.54, 1.807) is 0 Å². The first-order chi connectivity index (χ1) is 8.22. The molecule has 1 heterocycles. The van der Waals surface area contributed by atoms with Crippen LogP contribution in [0.5, 0.6) is 0 Å². The fraction of sp³-hybridized carbons (Fsp3) is 0.154. The lowest BCUT2D eigenvalue weighted by Gasteiger charge is -2.09. The summed E-state index contributed by atoms with van der Waals surface area (Å²) in [6.07, 6.45) is 0. The second kappa shape index (κ2) is 4.62. The average Bonchev–Trinajstić information content (AvgIpc) is 2.35. The van der Waals surface area contributed by atoms with E-state index in [1.807, 2.05) is 37.3 Å². The van der Waals surface area contributed by atoms with Crippen LogP contribution >= 0.6 is 0 Å². The Morgan fingerprint density at radius 1 is 1.41 bits per heavy atom. The molecule has 1 aromatic heterocycles. The van der Waals surface area contributed by atoms with Gasteiger partial charge in [0.25, 0.3) is 0 Å². The van der Waals surface area contributed by atoms with Gasteiger partial charge >= 0.3 is 0 Å². The van der Waals surface area contributed by atoms with Gasteiger partial charge in [0.1, 0.15) is 6.07 Å². The highest BCUT2D eigenvalue weighted by molar-refractivity contribution is 5.92. The molecule has 0 saturated carbocycles. The second-order valence-electron chi connectivity index (χ2n) is 3.86. The van der Waals surface area contributed by atoms with E-state index in [1.165, 1.54) is 0 Å². The Balaban J connectivity index is 2.55. The van der Waals surface area contributed by atoms with E-state index in [0.29, 0.717) is 12.2 Å². The summed E-state index contributed by atoms with van der Waals surface area (Å²) in [4.78, 5) is 0. The third-order valence-electron chi connectivity index (χ3n) is 2.34. The SMILES string of the molecule is C=C(C)CNc1c(C#N)nnc2ccccc12. The van der Waals surface area contributed by atoms with Gasteiger partial charge in [0.2, 0.25) is 0 Å². The summed E-state index contributed by atoms with van der Waals surface area (Å²) in [5.74, 6) is 0. The maximum absolute atomic E-state index is 9.03. The number of nitrogens with one attached hydrogen (secondary N) is 1. The lowest BCUT2D eigenvalue weighted by atomic mass is 10.1. The van der Waals surface area contributed by atoms with Crippen LogP contribution in [0.1, 0.15) is 12.6 Å². The minimum Gasteiger partial charge on any atom is -0.378 e. The first-order valence-electron chi connectivity index (χ1n) is 5.26. The monoisotopic (exact) mass is 224 g/mol. The summed E-state index contributed by atoms with van der Waals surface area (Å²) in [5.41, 5.74) is 2.80. The number of anilines is 1. The van der Waals surface area contributed by atoms with Gasteiger partial charge in [-0.2, -0.15) is 5.26 Å². The Bertz CT molecular complexity index is 610. The molecule has 0 atom stereocenters. The van der Waals surface area contributed by atoms with Gasteiger partial charge in [0.15, 0.2) is 5.69 Å². The number of benzene rings is 1. The molecule has 4 nitrogen and oxygen atoms in total. The van der Waals surface area contributed by atoms with Crippen molar-refractivity contribution in [2.75, 3.05) is 11.9 Å². The smallest absolute Gasteiger partial charge is 0.186 e. The minimum absolute atomic E-state index is 0.310. The molecule has 2 rings (SSSR count). The van der Waals surface area contributed by atoms with Crippen molar-refractivity contribution < 1.29 is 0 Å². The van der Waals surface area contributed by atoms with Crippen LogP contribution < -0.4 is 5.32 Å². The molecule has 0 saturated heterocycles. The average molecular weight is 224 g/mol. The molecule has 2 aromatic rings. The molecule has 0 bridgehead atoms. The van der Waals surface area contributed by atoms with Crippen molar-refractivity contribution >= 4 is 16.6 Å². The van der Waals surface area contributed by atoms with Gasteiger partial charge in [-0.05, 0) is 13.0 Å². The highest BCUT2D eigenvalue weighted by Gasteiger charge is 2.09. The van der Waals surface area contributed by atoms with E-state index >= 15 is 0 Å².